The minimum atomic E-state index is -1.20. The maximum absolute atomic E-state index is 12.1. The standard InChI is InChI=1S/C17H24N4O6/c1-10(20-14(23)8-19-16(25)12(18)9-22)15(24)21-13(17(26)27)7-11-5-3-2-4-6-11/h2-6,10,12-13,22H,7-9,18H2,1H3,(H,19,25)(H,20,23)(H,21,24)(H,26,27). The fourth-order valence-corrected chi connectivity index (χ4v) is 2.09. The van der Waals surface area contributed by atoms with Crippen molar-refractivity contribution in [2.24, 2.45) is 5.73 Å². The van der Waals surface area contributed by atoms with Gasteiger partial charge in [-0.15, -0.1) is 0 Å². The third-order valence-corrected chi connectivity index (χ3v) is 3.62. The molecule has 0 fully saturated rings. The van der Waals surface area contributed by atoms with Crippen LogP contribution in [0.2, 0.25) is 0 Å². The average Bonchev–Trinajstić information content (AvgIpc) is 2.65. The Bertz CT molecular complexity index is 667. The van der Waals surface area contributed by atoms with E-state index < -0.39 is 55.0 Å². The van der Waals surface area contributed by atoms with E-state index in [1.54, 1.807) is 30.3 Å². The van der Waals surface area contributed by atoms with Gasteiger partial charge in [-0.05, 0) is 12.5 Å². The molecule has 1 aromatic rings. The fourth-order valence-electron chi connectivity index (χ4n) is 2.09. The van der Waals surface area contributed by atoms with Gasteiger partial charge in [0.05, 0.1) is 13.2 Å². The Morgan fingerprint density at radius 3 is 2.26 bits per heavy atom. The number of carboxylic acids is 1. The van der Waals surface area contributed by atoms with E-state index in [-0.39, 0.29) is 6.42 Å². The number of amides is 3. The summed E-state index contributed by atoms with van der Waals surface area (Å²) in [5.74, 6) is -3.24. The van der Waals surface area contributed by atoms with Gasteiger partial charge in [0, 0.05) is 6.42 Å². The van der Waals surface area contributed by atoms with Crippen LogP contribution >= 0.6 is 0 Å². The molecule has 148 valence electrons. The summed E-state index contributed by atoms with van der Waals surface area (Å²) in [6, 6.07) is 5.49. The molecule has 0 saturated carbocycles. The van der Waals surface area contributed by atoms with E-state index >= 15 is 0 Å². The zero-order valence-corrected chi connectivity index (χ0v) is 14.8. The second-order valence-corrected chi connectivity index (χ2v) is 5.89. The molecule has 0 bridgehead atoms. The minimum Gasteiger partial charge on any atom is -0.480 e. The summed E-state index contributed by atoms with van der Waals surface area (Å²) < 4.78 is 0. The molecule has 0 aliphatic rings. The van der Waals surface area contributed by atoms with Crippen molar-refractivity contribution in [1.82, 2.24) is 16.0 Å². The first-order chi connectivity index (χ1) is 12.7. The lowest BCUT2D eigenvalue weighted by Gasteiger charge is -2.19. The number of nitrogens with one attached hydrogen (secondary N) is 3. The van der Waals surface area contributed by atoms with Crippen molar-refractivity contribution in [1.29, 1.82) is 0 Å². The highest BCUT2D eigenvalue weighted by atomic mass is 16.4. The molecule has 10 nitrogen and oxygen atoms in total. The van der Waals surface area contributed by atoms with Crippen LogP contribution in [0.25, 0.3) is 0 Å². The maximum Gasteiger partial charge on any atom is 0.326 e. The van der Waals surface area contributed by atoms with Crippen LogP contribution in [-0.2, 0) is 25.6 Å². The number of aliphatic hydroxyl groups excluding tert-OH is 1. The number of rotatable bonds is 10. The highest BCUT2D eigenvalue weighted by molar-refractivity contribution is 5.92. The summed E-state index contributed by atoms with van der Waals surface area (Å²) in [7, 11) is 0. The molecule has 3 unspecified atom stereocenters. The molecule has 0 aliphatic carbocycles. The second kappa shape index (κ2) is 10.9. The number of nitrogens with two attached hydrogens (primary N) is 1. The van der Waals surface area contributed by atoms with E-state index in [0.717, 1.165) is 5.56 Å². The van der Waals surface area contributed by atoms with Crippen molar-refractivity contribution in [2.45, 2.75) is 31.5 Å². The lowest BCUT2D eigenvalue weighted by molar-refractivity contribution is -0.142. The number of aliphatic carboxylic acids is 1. The number of hydrogen-bond acceptors (Lipinski definition) is 6. The fraction of sp³-hybridized carbons (Fsp3) is 0.412. The first-order valence-electron chi connectivity index (χ1n) is 8.25. The molecule has 0 radical (unpaired) electrons. The average molecular weight is 380 g/mol. The van der Waals surface area contributed by atoms with E-state index in [1.165, 1.54) is 6.92 Å². The van der Waals surface area contributed by atoms with Crippen LogP contribution in [0.4, 0.5) is 0 Å². The van der Waals surface area contributed by atoms with Gasteiger partial charge in [0.25, 0.3) is 0 Å². The first kappa shape index (κ1) is 22.1. The number of benzene rings is 1. The van der Waals surface area contributed by atoms with Crippen molar-refractivity contribution in [2.75, 3.05) is 13.2 Å². The number of carbonyl (C=O) groups excluding carboxylic acids is 3. The lowest BCUT2D eigenvalue weighted by Crippen LogP contribution is -2.53. The number of carboxylic acid groups (broad SMARTS) is 1. The summed E-state index contributed by atoms with van der Waals surface area (Å²) in [6.45, 7) is 0.386. The predicted molar refractivity (Wildman–Crippen MR) is 95.4 cm³/mol. The monoisotopic (exact) mass is 380 g/mol. The van der Waals surface area contributed by atoms with Crippen LogP contribution in [0.1, 0.15) is 12.5 Å². The SMILES string of the molecule is CC(NC(=O)CNC(=O)C(N)CO)C(=O)NC(Cc1ccccc1)C(=O)O. The van der Waals surface area contributed by atoms with E-state index in [4.69, 9.17) is 10.8 Å². The van der Waals surface area contributed by atoms with Crippen molar-refractivity contribution >= 4 is 23.7 Å². The Hall–Kier alpha value is -2.98. The normalized spacial score (nSPS) is 13.7. The van der Waals surface area contributed by atoms with Crippen LogP contribution in [0.15, 0.2) is 30.3 Å². The summed E-state index contributed by atoms with van der Waals surface area (Å²) >= 11 is 0. The van der Waals surface area contributed by atoms with Crippen molar-refractivity contribution in [3.8, 4) is 0 Å². The van der Waals surface area contributed by atoms with Crippen LogP contribution in [0.3, 0.4) is 0 Å². The molecule has 7 N–H and O–H groups in total. The summed E-state index contributed by atoms with van der Waals surface area (Å²) in [6.07, 6.45) is 0.0949. The van der Waals surface area contributed by atoms with Crippen molar-refractivity contribution in [3.05, 3.63) is 35.9 Å². The van der Waals surface area contributed by atoms with Crippen LogP contribution in [-0.4, -0.2) is 65.2 Å². The van der Waals surface area contributed by atoms with Crippen LogP contribution < -0.4 is 21.7 Å². The van der Waals surface area contributed by atoms with Gasteiger partial charge in [-0.1, -0.05) is 30.3 Å². The first-order valence-corrected chi connectivity index (χ1v) is 8.25. The van der Waals surface area contributed by atoms with Gasteiger partial charge in [0.15, 0.2) is 0 Å². The Morgan fingerprint density at radius 1 is 1.07 bits per heavy atom. The van der Waals surface area contributed by atoms with Crippen LogP contribution in [0.5, 0.6) is 0 Å². The Kier molecular flexibility index (Phi) is 8.90. The summed E-state index contributed by atoms with van der Waals surface area (Å²) in [4.78, 5) is 46.6. The van der Waals surface area contributed by atoms with Gasteiger partial charge in [0.2, 0.25) is 17.7 Å². The topological polar surface area (TPSA) is 171 Å². The molecular weight excluding hydrogens is 356 g/mol. The minimum absolute atomic E-state index is 0.0949. The Labute approximate surface area is 156 Å². The number of aliphatic hydroxyl groups is 1. The third kappa shape index (κ3) is 7.84. The predicted octanol–water partition coefficient (Wildman–Crippen LogP) is -2.26. The van der Waals surface area contributed by atoms with E-state index in [1.807, 2.05) is 0 Å². The molecule has 1 rings (SSSR count). The molecule has 10 heteroatoms. The largest absolute Gasteiger partial charge is 0.480 e. The molecule has 3 atom stereocenters. The molecule has 1 aromatic carbocycles. The van der Waals surface area contributed by atoms with Gasteiger partial charge in [-0.2, -0.15) is 0 Å². The summed E-state index contributed by atoms with van der Waals surface area (Å²) in [5, 5.41) is 24.9. The zero-order valence-electron chi connectivity index (χ0n) is 14.8. The molecule has 27 heavy (non-hydrogen) atoms. The van der Waals surface area contributed by atoms with Gasteiger partial charge in [-0.25, -0.2) is 4.79 Å². The zero-order chi connectivity index (χ0) is 20.4. The van der Waals surface area contributed by atoms with Gasteiger partial charge in [-0.3, -0.25) is 14.4 Å². The smallest absolute Gasteiger partial charge is 0.326 e. The molecule has 0 saturated heterocycles. The van der Waals surface area contributed by atoms with Gasteiger partial charge in [0.1, 0.15) is 18.1 Å². The molecule has 0 spiro atoms. The molecular formula is C17H24N4O6. The maximum atomic E-state index is 12.1. The Balaban J connectivity index is 2.52. The van der Waals surface area contributed by atoms with Crippen molar-refractivity contribution < 1.29 is 29.4 Å². The molecule has 0 aromatic heterocycles. The summed E-state index contributed by atoms with van der Waals surface area (Å²) in [5.41, 5.74) is 6.03. The number of hydrogen-bond donors (Lipinski definition) is 6. The van der Waals surface area contributed by atoms with Crippen molar-refractivity contribution in [3.63, 3.8) is 0 Å². The van der Waals surface area contributed by atoms with Gasteiger partial charge >= 0.3 is 5.97 Å². The van der Waals surface area contributed by atoms with E-state index in [9.17, 15) is 24.3 Å². The molecule has 0 heterocycles. The quantitative estimate of drug-likeness (QED) is 0.266. The van der Waals surface area contributed by atoms with Crippen LogP contribution in [0, 0.1) is 0 Å². The van der Waals surface area contributed by atoms with Gasteiger partial charge < -0.3 is 31.9 Å². The highest BCUT2D eigenvalue weighted by Crippen LogP contribution is 2.04. The molecule has 0 aliphatic heterocycles. The van der Waals surface area contributed by atoms with E-state index in [2.05, 4.69) is 16.0 Å². The highest BCUT2D eigenvalue weighted by Gasteiger charge is 2.24. The lowest BCUT2D eigenvalue weighted by atomic mass is 10.1. The Morgan fingerprint density at radius 2 is 1.70 bits per heavy atom. The van der Waals surface area contributed by atoms with E-state index in [0.29, 0.717) is 0 Å². The molecule has 3 amide bonds. The second-order valence-electron chi connectivity index (χ2n) is 5.89. The number of carbonyl (C=O) groups is 4. The third-order valence-electron chi connectivity index (χ3n) is 3.62.